The number of amides is 1. The Kier molecular flexibility index (Phi) is 4.71. The van der Waals surface area contributed by atoms with Crippen molar-refractivity contribution in [2.45, 2.75) is 26.8 Å². The number of carbonyl (C=O) groups is 1. The van der Waals surface area contributed by atoms with Crippen molar-refractivity contribution < 1.29 is 4.79 Å². The summed E-state index contributed by atoms with van der Waals surface area (Å²) in [5, 5.41) is 8.74. The highest BCUT2D eigenvalue weighted by Gasteiger charge is 2.19. The van der Waals surface area contributed by atoms with Gasteiger partial charge < -0.3 is 4.90 Å². The maximum atomic E-state index is 12.3. The number of nitrogens with zero attached hydrogens (tertiary/aromatic N) is 2. The fraction of sp³-hybridized carbons (Fsp3) is 0.385. The van der Waals surface area contributed by atoms with E-state index in [-0.39, 0.29) is 18.5 Å². The maximum absolute atomic E-state index is 12.3. The van der Waals surface area contributed by atoms with Crippen LogP contribution in [-0.4, -0.2) is 23.4 Å². The second-order valence-electron chi connectivity index (χ2n) is 4.14. The molecule has 0 saturated heterocycles. The molecule has 1 aromatic carbocycles. The van der Waals surface area contributed by atoms with Crippen LogP contribution in [0.15, 0.2) is 22.7 Å². The Morgan fingerprint density at radius 3 is 2.65 bits per heavy atom. The molecule has 3 nitrogen and oxygen atoms in total. The van der Waals surface area contributed by atoms with Gasteiger partial charge in [-0.2, -0.15) is 5.26 Å². The van der Waals surface area contributed by atoms with Gasteiger partial charge in [-0.05, 0) is 44.5 Å². The van der Waals surface area contributed by atoms with E-state index in [0.29, 0.717) is 5.56 Å². The van der Waals surface area contributed by atoms with Crippen LogP contribution in [-0.2, 0) is 0 Å². The van der Waals surface area contributed by atoms with Crippen molar-refractivity contribution in [3.8, 4) is 6.07 Å². The number of halogens is 1. The number of aryl methyl sites for hydroxylation is 1. The average Bonchev–Trinajstić information content (AvgIpc) is 2.24. The first kappa shape index (κ1) is 13.7. The monoisotopic (exact) mass is 294 g/mol. The van der Waals surface area contributed by atoms with Crippen LogP contribution in [0.2, 0.25) is 0 Å². The highest BCUT2D eigenvalue weighted by Crippen LogP contribution is 2.18. The normalized spacial score (nSPS) is 10.1. The number of benzene rings is 1. The third kappa shape index (κ3) is 3.31. The van der Waals surface area contributed by atoms with E-state index in [0.717, 1.165) is 10.0 Å². The van der Waals surface area contributed by atoms with Gasteiger partial charge in [0, 0.05) is 16.1 Å². The molecule has 1 aromatic rings. The lowest BCUT2D eigenvalue weighted by Gasteiger charge is -2.24. The molecule has 0 saturated carbocycles. The van der Waals surface area contributed by atoms with Crippen LogP contribution in [0.3, 0.4) is 0 Å². The van der Waals surface area contributed by atoms with Gasteiger partial charge in [-0.15, -0.1) is 0 Å². The first-order chi connectivity index (χ1) is 7.97. The minimum Gasteiger partial charge on any atom is -0.323 e. The summed E-state index contributed by atoms with van der Waals surface area (Å²) in [7, 11) is 0. The Morgan fingerprint density at radius 1 is 1.53 bits per heavy atom. The van der Waals surface area contributed by atoms with Crippen LogP contribution in [0.1, 0.15) is 29.8 Å². The minimum absolute atomic E-state index is 0.0187. The van der Waals surface area contributed by atoms with Gasteiger partial charge in [-0.1, -0.05) is 15.9 Å². The highest BCUT2D eigenvalue weighted by atomic mass is 79.9. The van der Waals surface area contributed by atoms with E-state index in [1.54, 1.807) is 11.0 Å². The van der Waals surface area contributed by atoms with Gasteiger partial charge in [0.1, 0.15) is 6.54 Å². The van der Waals surface area contributed by atoms with Crippen LogP contribution in [0.5, 0.6) is 0 Å². The summed E-state index contributed by atoms with van der Waals surface area (Å²) in [4.78, 5) is 13.8. The van der Waals surface area contributed by atoms with Crippen LogP contribution in [0, 0.1) is 18.3 Å². The number of rotatable bonds is 3. The number of carbonyl (C=O) groups excluding carboxylic acids is 1. The minimum atomic E-state index is -0.0912. The molecule has 4 heteroatoms. The zero-order valence-corrected chi connectivity index (χ0v) is 11.8. The molecular formula is C13H15BrN2O. The Bertz CT molecular complexity index is 463. The lowest BCUT2D eigenvalue weighted by atomic mass is 10.1. The van der Waals surface area contributed by atoms with Gasteiger partial charge in [-0.25, -0.2) is 0 Å². The Labute approximate surface area is 110 Å². The van der Waals surface area contributed by atoms with E-state index in [4.69, 9.17) is 5.26 Å². The Hall–Kier alpha value is -1.34. The molecule has 0 aliphatic rings. The van der Waals surface area contributed by atoms with Gasteiger partial charge >= 0.3 is 0 Å². The summed E-state index contributed by atoms with van der Waals surface area (Å²) in [6.45, 7) is 5.82. The van der Waals surface area contributed by atoms with Gasteiger partial charge in [0.25, 0.3) is 5.91 Å². The van der Waals surface area contributed by atoms with Crippen molar-refractivity contribution >= 4 is 21.8 Å². The number of hydrogen-bond acceptors (Lipinski definition) is 2. The predicted octanol–water partition coefficient (Wildman–Crippen LogP) is 3.13. The molecule has 0 spiro atoms. The van der Waals surface area contributed by atoms with Crippen molar-refractivity contribution in [2.75, 3.05) is 6.54 Å². The zero-order chi connectivity index (χ0) is 13.0. The second-order valence-corrected chi connectivity index (χ2v) is 5.06. The maximum Gasteiger partial charge on any atom is 0.255 e. The Morgan fingerprint density at radius 2 is 2.18 bits per heavy atom. The molecule has 0 heterocycles. The summed E-state index contributed by atoms with van der Waals surface area (Å²) in [6, 6.07) is 7.57. The first-order valence-corrected chi connectivity index (χ1v) is 6.20. The second kappa shape index (κ2) is 5.83. The van der Waals surface area contributed by atoms with E-state index >= 15 is 0 Å². The topological polar surface area (TPSA) is 44.1 Å². The lowest BCUT2D eigenvalue weighted by Crippen LogP contribution is -2.37. The molecule has 1 amide bonds. The van der Waals surface area contributed by atoms with Gasteiger partial charge in [0.15, 0.2) is 0 Å². The number of nitriles is 1. The van der Waals surface area contributed by atoms with Crippen LogP contribution < -0.4 is 0 Å². The fourth-order valence-electron chi connectivity index (χ4n) is 1.59. The van der Waals surface area contributed by atoms with Crippen LogP contribution >= 0.6 is 15.9 Å². The summed E-state index contributed by atoms with van der Waals surface area (Å²) in [5.74, 6) is -0.0912. The molecule has 0 atom stereocenters. The summed E-state index contributed by atoms with van der Waals surface area (Å²) in [6.07, 6.45) is 0. The smallest absolute Gasteiger partial charge is 0.255 e. The molecule has 1 rings (SSSR count). The molecule has 0 aromatic heterocycles. The van der Waals surface area contributed by atoms with Crippen LogP contribution in [0.4, 0.5) is 0 Å². The molecule has 0 bridgehead atoms. The number of hydrogen-bond donors (Lipinski definition) is 0. The fourth-order valence-corrected chi connectivity index (χ4v) is 2.06. The van der Waals surface area contributed by atoms with E-state index in [2.05, 4.69) is 15.9 Å². The van der Waals surface area contributed by atoms with Crippen molar-refractivity contribution in [1.82, 2.24) is 4.90 Å². The standard InChI is InChI=1S/C13H15BrN2O/c1-9(2)16(7-6-15)13(17)12-5-4-11(14)8-10(12)3/h4-5,8-9H,7H2,1-3H3. The molecule has 0 aliphatic carbocycles. The first-order valence-electron chi connectivity index (χ1n) is 5.41. The Balaban J connectivity index is 3.06. The van der Waals surface area contributed by atoms with Crippen molar-refractivity contribution in [3.63, 3.8) is 0 Å². The molecular weight excluding hydrogens is 280 g/mol. The summed E-state index contributed by atoms with van der Waals surface area (Å²) < 4.78 is 0.947. The van der Waals surface area contributed by atoms with E-state index in [9.17, 15) is 4.79 Å². The van der Waals surface area contributed by atoms with Gasteiger partial charge in [0.2, 0.25) is 0 Å². The SMILES string of the molecule is Cc1cc(Br)ccc1C(=O)N(CC#N)C(C)C. The summed E-state index contributed by atoms with van der Waals surface area (Å²) >= 11 is 3.36. The average molecular weight is 295 g/mol. The van der Waals surface area contributed by atoms with Crippen LogP contribution in [0.25, 0.3) is 0 Å². The molecule has 0 unspecified atom stereocenters. The summed E-state index contributed by atoms with van der Waals surface area (Å²) in [5.41, 5.74) is 1.56. The molecule has 0 N–H and O–H groups in total. The van der Waals surface area contributed by atoms with Crippen molar-refractivity contribution in [2.24, 2.45) is 0 Å². The molecule has 0 fully saturated rings. The lowest BCUT2D eigenvalue weighted by molar-refractivity contribution is 0.0730. The molecule has 0 aliphatic heterocycles. The third-order valence-electron chi connectivity index (χ3n) is 2.54. The van der Waals surface area contributed by atoms with E-state index in [1.807, 2.05) is 39.0 Å². The highest BCUT2D eigenvalue weighted by molar-refractivity contribution is 9.10. The largest absolute Gasteiger partial charge is 0.323 e. The zero-order valence-electron chi connectivity index (χ0n) is 10.2. The van der Waals surface area contributed by atoms with E-state index in [1.165, 1.54) is 0 Å². The van der Waals surface area contributed by atoms with E-state index < -0.39 is 0 Å². The van der Waals surface area contributed by atoms with Gasteiger partial charge in [-0.3, -0.25) is 4.79 Å². The molecule has 0 radical (unpaired) electrons. The van der Waals surface area contributed by atoms with Crippen molar-refractivity contribution in [1.29, 1.82) is 5.26 Å². The quantitative estimate of drug-likeness (QED) is 0.804. The molecule has 17 heavy (non-hydrogen) atoms. The predicted molar refractivity (Wildman–Crippen MR) is 70.7 cm³/mol. The third-order valence-corrected chi connectivity index (χ3v) is 3.04. The van der Waals surface area contributed by atoms with Crippen molar-refractivity contribution in [3.05, 3.63) is 33.8 Å². The molecule has 90 valence electrons. The van der Waals surface area contributed by atoms with Gasteiger partial charge in [0.05, 0.1) is 6.07 Å².